The molecule has 2 heterocycles. The number of ether oxygens (including phenoxy) is 1. The second-order valence-corrected chi connectivity index (χ2v) is 4.70. The molecule has 1 amide bonds. The molecule has 2 saturated heterocycles. The molecule has 4 nitrogen and oxygen atoms in total. The van der Waals surface area contributed by atoms with E-state index in [1.807, 2.05) is 6.92 Å². The lowest BCUT2D eigenvalue weighted by molar-refractivity contribution is -0.125. The van der Waals surface area contributed by atoms with Crippen molar-refractivity contribution in [3.63, 3.8) is 0 Å². The highest BCUT2D eigenvalue weighted by Gasteiger charge is 2.41. The Balaban J connectivity index is 1.79. The first kappa shape index (κ1) is 10.9. The highest BCUT2D eigenvalue weighted by atomic mass is 16.5. The zero-order valence-corrected chi connectivity index (χ0v) is 9.24. The third-order valence-electron chi connectivity index (χ3n) is 3.48. The average Bonchev–Trinajstić information content (AvgIpc) is 2.79. The Labute approximate surface area is 90.5 Å². The van der Waals surface area contributed by atoms with Gasteiger partial charge in [-0.15, -0.1) is 0 Å². The van der Waals surface area contributed by atoms with E-state index in [-0.39, 0.29) is 24.0 Å². The van der Waals surface area contributed by atoms with Gasteiger partial charge in [0, 0.05) is 5.92 Å². The zero-order chi connectivity index (χ0) is 10.8. The second kappa shape index (κ2) is 4.49. The minimum absolute atomic E-state index is 0.0223. The van der Waals surface area contributed by atoms with Crippen LogP contribution in [0.3, 0.4) is 0 Å². The van der Waals surface area contributed by atoms with E-state index in [0.717, 1.165) is 25.7 Å². The molecule has 3 N–H and O–H groups in total. The van der Waals surface area contributed by atoms with E-state index in [1.54, 1.807) is 0 Å². The number of hydrogen-bond acceptors (Lipinski definition) is 3. The highest BCUT2D eigenvalue weighted by Crippen LogP contribution is 2.34. The first-order valence-corrected chi connectivity index (χ1v) is 5.86. The molecule has 15 heavy (non-hydrogen) atoms. The van der Waals surface area contributed by atoms with Crippen molar-refractivity contribution in [2.24, 2.45) is 11.7 Å². The number of amides is 1. The standard InChI is InChI=1S/C11H20N2O2/c1-7(4-5-12)11(14)13-9-6-8-2-3-10(9)15-8/h7-10H,2-6,12H2,1H3,(H,13,14). The van der Waals surface area contributed by atoms with Gasteiger partial charge >= 0.3 is 0 Å². The Kier molecular flexibility index (Phi) is 3.26. The lowest BCUT2D eigenvalue weighted by Crippen LogP contribution is -2.43. The van der Waals surface area contributed by atoms with Crippen LogP contribution in [0, 0.1) is 5.92 Å². The molecule has 4 heteroatoms. The predicted molar refractivity (Wildman–Crippen MR) is 57.3 cm³/mol. The minimum Gasteiger partial charge on any atom is -0.373 e. The van der Waals surface area contributed by atoms with Gasteiger partial charge in [0.25, 0.3) is 0 Å². The van der Waals surface area contributed by atoms with Crippen LogP contribution < -0.4 is 11.1 Å². The smallest absolute Gasteiger partial charge is 0.223 e. The van der Waals surface area contributed by atoms with Gasteiger partial charge in [0.2, 0.25) is 5.91 Å². The van der Waals surface area contributed by atoms with Crippen LogP contribution in [0.1, 0.15) is 32.6 Å². The fourth-order valence-electron chi connectivity index (χ4n) is 2.50. The highest BCUT2D eigenvalue weighted by molar-refractivity contribution is 5.78. The topological polar surface area (TPSA) is 64.4 Å². The maximum atomic E-state index is 11.7. The van der Waals surface area contributed by atoms with Crippen LogP contribution in [0.15, 0.2) is 0 Å². The molecule has 0 spiro atoms. The molecule has 4 unspecified atom stereocenters. The van der Waals surface area contributed by atoms with Crippen LogP contribution in [0.4, 0.5) is 0 Å². The number of rotatable bonds is 4. The Morgan fingerprint density at radius 2 is 2.40 bits per heavy atom. The quantitative estimate of drug-likeness (QED) is 0.709. The number of hydrogen-bond donors (Lipinski definition) is 2. The molecule has 2 rings (SSSR count). The summed E-state index contributed by atoms with van der Waals surface area (Å²) in [6.45, 7) is 2.50. The summed E-state index contributed by atoms with van der Waals surface area (Å²) in [7, 11) is 0. The summed E-state index contributed by atoms with van der Waals surface area (Å²) in [4.78, 5) is 11.7. The summed E-state index contributed by atoms with van der Waals surface area (Å²) >= 11 is 0. The Bertz CT molecular complexity index is 245. The van der Waals surface area contributed by atoms with Gasteiger partial charge in [-0.1, -0.05) is 6.92 Å². The van der Waals surface area contributed by atoms with E-state index in [2.05, 4.69) is 5.32 Å². The van der Waals surface area contributed by atoms with E-state index in [0.29, 0.717) is 12.6 Å². The van der Waals surface area contributed by atoms with Crippen molar-refractivity contribution in [2.45, 2.75) is 50.9 Å². The van der Waals surface area contributed by atoms with Gasteiger partial charge in [-0.25, -0.2) is 0 Å². The van der Waals surface area contributed by atoms with Crippen LogP contribution in [0.25, 0.3) is 0 Å². The summed E-state index contributed by atoms with van der Waals surface area (Å²) in [5, 5.41) is 3.08. The van der Waals surface area contributed by atoms with Gasteiger partial charge in [-0.3, -0.25) is 4.79 Å². The van der Waals surface area contributed by atoms with Gasteiger partial charge < -0.3 is 15.8 Å². The van der Waals surface area contributed by atoms with Crippen molar-refractivity contribution >= 4 is 5.91 Å². The maximum Gasteiger partial charge on any atom is 0.223 e. The maximum absolute atomic E-state index is 11.7. The molecule has 0 aliphatic carbocycles. The molecule has 0 saturated carbocycles. The summed E-state index contributed by atoms with van der Waals surface area (Å²) in [6, 6.07) is 0.247. The Morgan fingerprint density at radius 1 is 1.60 bits per heavy atom. The van der Waals surface area contributed by atoms with Crippen LogP contribution in [0.5, 0.6) is 0 Å². The molecular weight excluding hydrogens is 192 g/mol. The predicted octanol–water partition coefficient (Wildman–Crippen LogP) is 0.407. The van der Waals surface area contributed by atoms with Gasteiger partial charge in [0.05, 0.1) is 18.2 Å². The monoisotopic (exact) mass is 212 g/mol. The van der Waals surface area contributed by atoms with Gasteiger partial charge in [0.1, 0.15) is 0 Å². The number of fused-ring (bicyclic) bond motifs is 2. The van der Waals surface area contributed by atoms with Crippen molar-refractivity contribution in [2.75, 3.05) is 6.54 Å². The van der Waals surface area contributed by atoms with Crippen LogP contribution in [-0.2, 0) is 9.53 Å². The lowest BCUT2D eigenvalue weighted by atomic mass is 9.94. The molecule has 2 aliphatic heterocycles. The largest absolute Gasteiger partial charge is 0.373 e. The van der Waals surface area contributed by atoms with E-state index in [9.17, 15) is 4.79 Å². The summed E-state index contributed by atoms with van der Waals surface area (Å²) in [6.07, 6.45) is 4.67. The molecule has 2 fully saturated rings. The van der Waals surface area contributed by atoms with Crippen LogP contribution in [0.2, 0.25) is 0 Å². The number of nitrogens with one attached hydrogen (secondary N) is 1. The van der Waals surface area contributed by atoms with Crippen molar-refractivity contribution in [3.8, 4) is 0 Å². The fourth-order valence-corrected chi connectivity index (χ4v) is 2.50. The molecule has 2 bridgehead atoms. The van der Waals surface area contributed by atoms with Crippen molar-refractivity contribution < 1.29 is 9.53 Å². The minimum atomic E-state index is 0.0223. The molecule has 0 radical (unpaired) electrons. The van der Waals surface area contributed by atoms with Gasteiger partial charge in [-0.2, -0.15) is 0 Å². The molecule has 0 aromatic heterocycles. The van der Waals surface area contributed by atoms with E-state index in [1.165, 1.54) is 0 Å². The third kappa shape index (κ3) is 2.32. The first-order chi connectivity index (χ1) is 7.20. The molecule has 0 aromatic rings. The molecular formula is C11H20N2O2. The van der Waals surface area contributed by atoms with Crippen molar-refractivity contribution in [1.82, 2.24) is 5.32 Å². The lowest BCUT2D eigenvalue weighted by Gasteiger charge is -2.22. The Morgan fingerprint density at radius 3 is 2.93 bits per heavy atom. The summed E-state index contributed by atoms with van der Waals surface area (Å²) < 4.78 is 5.69. The normalized spacial score (nSPS) is 35.5. The van der Waals surface area contributed by atoms with Crippen LogP contribution in [-0.4, -0.2) is 30.7 Å². The Hall–Kier alpha value is -0.610. The summed E-state index contributed by atoms with van der Waals surface area (Å²) in [5.74, 6) is 0.149. The van der Waals surface area contributed by atoms with E-state index < -0.39 is 0 Å². The van der Waals surface area contributed by atoms with Crippen molar-refractivity contribution in [1.29, 1.82) is 0 Å². The zero-order valence-electron chi connectivity index (χ0n) is 9.24. The summed E-state index contributed by atoms with van der Waals surface area (Å²) in [5.41, 5.74) is 5.43. The van der Waals surface area contributed by atoms with E-state index in [4.69, 9.17) is 10.5 Å². The van der Waals surface area contributed by atoms with Gasteiger partial charge in [0.15, 0.2) is 0 Å². The van der Waals surface area contributed by atoms with E-state index >= 15 is 0 Å². The SMILES string of the molecule is CC(CCN)C(=O)NC1CC2CCC1O2. The van der Waals surface area contributed by atoms with Gasteiger partial charge in [-0.05, 0) is 32.2 Å². The van der Waals surface area contributed by atoms with Crippen LogP contribution >= 0.6 is 0 Å². The third-order valence-corrected chi connectivity index (χ3v) is 3.48. The van der Waals surface area contributed by atoms with Crippen molar-refractivity contribution in [3.05, 3.63) is 0 Å². The number of carbonyl (C=O) groups is 1. The second-order valence-electron chi connectivity index (χ2n) is 4.70. The average molecular weight is 212 g/mol. The number of carbonyl (C=O) groups excluding carboxylic acids is 1. The molecule has 4 atom stereocenters. The molecule has 86 valence electrons. The fraction of sp³-hybridized carbons (Fsp3) is 0.909. The number of nitrogens with two attached hydrogens (primary N) is 1. The first-order valence-electron chi connectivity index (χ1n) is 5.86. The molecule has 0 aromatic carbocycles. The molecule has 2 aliphatic rings.